The summed E-state index contributed by atoms with van der Waals surface area (Å²) in [5, 5.41) is 11.4. The molecule has 0 saturated heterocycles. The second-order valence-corrected chi connectivity index (χ2v) is 8.42. The number of carbonyl (C=O) groups excluding carboxylic acids is 1. The van der Waals surface area contributed by atoms with Crippen LogP contribution in [0.5, 0.6) is 0 Å². The normalized spacial score (nSPS) is 14.1. The summed E-state index contributed by atoms with van der Waals surface area (Å²) in [5.41, 5.74) is 0.858. The van der Waals surface area contributed by atoms with Crippen LogP contribution in [0.25, 0.3) is 5.65 Å². The molecule has 1 saturated carbocycles. The van der Waals surface area contributed by atoms with E-state index in [1.54, 1.807) is 16.8 Å². The minimum Gasteiger partial charge on any atom is -0.304 e. The highest BCUT2D eigenvalue weighted by molar-refractivity contribution is 6.31. The van der Waals surface area contributed by atoms with Crippen LogP contribution in [0.4, 0.5) is 19.0 Å². The molecule has 1 fully saturated rings. The molecule has 11 heteroatoms. The number of nitrogens with one attached hydrogen (secondary N) is 1. The first-order valence-electron chi connectivity index (χ1n) is 10.3. The maximum Gasteiger partial charge on any atom is 0.433 e. The van der Waals surface area contributed by atoms with Gasteiger partial charge in [-0.2, -0.15) is 23.4 Å². The van der Waals surface area contributed by atoms with Crippen LogP contribution < -0.4 is 5.32 Å². The Morgan fingerprint density at radius 2 is 1.94 bits per heavy atom. The van der Waals surface area contributed by atoms with Gasteiger partial charge in [0.25, 0.3) is 5.91 Å². The number of aromatic nitrogens is 5. The number of benzene rings is 1. The Morgan fingerprint density at radius 1 is 1.18 bits per heavy atom. The molecule has 0 unspecified atom stereocenters. The van der Waals surface area contributed by atoms with E-state index in [0.717, 1.165) is 30.2 Å². The van der Waals surface area contributed by atoms with Gasteiger partial charge >= 0.3 is 6.18 Å². The van der Waals surface area contributed by atoms with Gasteiger partial charge in [0.2, 0.25) is 0 Å². The molecule has 4 aromatic rings. The predicted molar refractivity (Wildman–Crippen MR) is 115 cm³/mol. The molecule has 1 aliphatic carbocycles. The molecule has 1 amide bonds. The number of hydrogen-bond acceptors (Lipinski definition) is 4. The smallest absolute Gasteiger partial charge is 0.304 e. The van der Waals surface area contributed by atoms with Gasteiger partial charge in [0.1, 0.15) is 5.69 Å². The van der Waals surface area contributed by atoms with Crippen molar-refractivity contribution in [2.45, 2.75) is 38.4 Å². The Hall–Kier alpha value is -3.40. The molecular weight excluding hydrogens is 457 g/mol. The second kappa shape index (κ2) is 7.87. The number of halogens is 4. The molecule has 1 N–H and O–H groups in total. The lowest BCUT2D eigenvalue weighted by Crippen LogP contribution is -2.16. The maximum atomic E-state index is 13.6. The SMILES string of the molecule is Cc1cc(NC(=O)c2cc3nc(C4CC4)cc(C(F)(F)F)n3n2)nn1Cc1ccccc1Cl. The molecule has 5 rings (SSSR count). The van der Waals surface area contributed by atoms with Gasteiger partial charge in [-0.25, -0.2) is 9.50 Å². The highest BCUT2D eigenvalue weighted by Gasteiger charge is 2.37. The first-order valence-corrected chi connectivity index (χ1v) is 10.6. The van der Waals surface area contributed by atoms with E-state index in [1.807, 2.05) is 25.1 Å². The molecule has 0 aliphatic heterocycles. The monoisotopic (exact) mass is 474 g/mol. The lowest BCUT2D eigenvalue weighted by atomic mass is 10.2. The van der Waals surface area contributed by atoms with Crippen molar-refractivity contribution in [3.05, 3.63) is 75.8 Å². The van der Waals surface area contributed by atoms with E-state index >= 15 is 0 Å². The highest BCUT2D eigenvalue weighted by atomic mass is 35.5. The summed E-state index contributed by atoms with van der Waals surface area (Å²) in [6.07, 6.45) is -3.02. The van der Waals surface area contributed by atoms with Gasteiger partial charge in [-0.15, -0.1) is 0 Å². The van der Waals surface area contributed by atoms with Gasteiger partial charge in [0, 0.05) is 34.5 Å². The number of rotatable bonds is 5. The van der Waals surface area contributed by atoms with Crippen LogP contribution in [-0.2, 0) is 12.7 Å². The van der Waals surface area contributed by atoms with E-state index in [9.17, 15) is 18.0 Å². The number of alkyl halides is 3. The van der Waals surface area contributed by atoms with Crippen molar-refractivity contribution in [1.29, 1.82) is 0 Å². The number of hydrogen-bond donors (Lipinski definition) is 1. The van der Waals surface area contributed by atoms with Gasteiger partial charge in [-0.1, -0.05) is 29.8 Å². The van der Waals surface area contributed by atoms with Crippen molar-refractivity contribution in [1.82, 2.24) is 24.4 Å². The maximum absolute atomic E-state index is 13.6. The molecule has 0 radical (unpaired) electrons. The Bertz CT molecular complexity index is 1370. The summed E-state index contributed by atoms with van der Waals surface area (Å²) in [4.78, 5) is 17.0. The van der Waals surface area contributed by atoms with E-state index in [-0.39, 0.29) is 23.1 Å². The molecule has 0 spiro atoms. The van der Waals surface area contributed by atoms with Crippen molar-refractivity contribution < 1.29 is 18.0 Å². The van der Waals surface area contributed by atoms with E-state index in [1.165, 1.54) is 6.07 Å². The minimum atomic E-state index is -4.63. The van der Waals surface area contributed by atoms with Gasteiger partial charge in [0.15, 0.2) is 17.2 Å². The third kappa shape index (κ3) is 4.30. The Kier molecular flexibility index (Phi) is 5.12. The van der Waals surface area contributed by atoms with Gasteiger partial charge in [-0.3, -0.25) is 9.48 Å². The van der Waals surface area contributed by atoms with Crippen LogP contribution in [0, 0.1) is 6.92 Å². The van der Waals surface area contributed by atoms with Crippen molar-refractivity contribution in [2.24, 2.45) is 0 Å². The second-order valence-electron chi connectivity index (χ2n) is 8.01. The Balaban J connectivity index is 1.41. The van der Waals surface area contributed by atoms with Crippen LogP contribution >= 0.6 is 11.6 Å². The number of anilines is 1. The standard InChI is InChI=1S/C22H18ClF3N6O/c1-12-8-19(30-31(12)11-14-4-2-3-5-15(14)23)28-21(33)17-10-20-27-16(13-6-7-13)9-18(22(24,25)26)32(20)29-17/h2-5,8-10,13H,6-7,11H2,1H3,(H,28,30,33). The van der Waals surface area contributed by atoms with Gasteiger partial charge in [0.05, 0.1) is 6.54 Å². The molecule has 170 valence electrons. The van der Waals surface area contributed by atoms with Crippen molar-refractivity contribution in [2.75, 3.05) is 5.32 Å². The van der Waals surface area contributed by atoms with Crippen molar-refractivity contribution >= 4 is 29.0 Å². The summed E-state index contributed by atoms with van der Waals surface area (Å²) in [5.74, 6) is -0.401. The molecule has 7 nitrogen and oxygen atoms in total. The van der Waals surface area contributed by atoms with Gasteiger partial charge < -0.3 is 5.32 Å². The quantitative estimate of drug-likeness (QED) is 0.437. The van der Waals surface area contributed by atoms with Crippen LogP contribution in [0.3, 0.4) is 0 Å². The lowest BCUT2D eigenvalue weighted by Gasteiger charge is -2.10. The molecule has 1 aromatic carbocycles. The molecule has 0 atom stereocenters. The zero-order chi connectivity index (χ0) is 23.3. The number of nitrogens with zero attached hydrogens (tertiary/aromatic N) is 5. The number of carbonyl (C=O) groups is 1. The van der Waals surface area contributed by atoms with Crippen LogP contribution in [0.15, 0.2) is 42.5 Å². The molecule has 3 heterocycles. The van der Waals surface area contributed by atoms with E-state index in [0.29, 0.717) is 21.8 Å². The number of fused-ring (bicyclic) bond motifs is 1. The van der Waals surface area contributed by atoms with E-state index < -0.39 is 17.8 Å². The summed E-state index contributed by atoms with van der Waals surface area (Å²) >= 11 is 6.21. The van der Waals surface area contributed by atoms with Crippen molar-refractivity contribution in [3.8, 4) is 0 Å². The summed E-state index contributed by atoms with van der Waals surface area (Å²) in [6.45, 7) is 2.22. The predicted octanol–water partition coefficient (Wildman–Crippen LogP) is 5.08. The van der Waals surface area contributed by atoms with Crippen LogP contribution in [-0.4, -0.2) is 30.3 Å². The first-order chi connectivity index (χ1) is 15.7. The summed E-state index contributed by atoms with van der Waals surface area (Å²) in [6, 6.07) is 11.3. The fourth-order valence-electron chi connectivity index (χ4n) is 3.59. The average molecular weight is 475 g/mol. The highest BCUT2D eigenvalue weighted by Crippen LogP contribution is 2.41. The van der Waals surface area contributed by atoms with Gasteiger partial charge in [-0.05, 0) is 37.5 Å². The van der Waals surface area contributed by atoms with Crippen LogP contribution in [0.1, 0.15) is 51.9 Å². The largest absolute Gasteiger partial charge is 0.433 e. The summed E-state index contributed by atoms with van der Waals surface area (Å²) < 4.78 is 43.1. The van der Waals surface area contributed by atoms with Crippen LogP contribution in [0.2, 0.25) is 5.02 Å². The molecule has 33 heavy (non-hydrogen) atoms. The Labute approximate surface area is 191 Å². The lowest BCUT2D eigenvalue weighted by molar-refractivity contribution is -0.142. The molecular formula is C22H18ClF3N6O. The zero-order valence-corrected chi connectivity index (χ0v) is 18.2. The number of aryl methyl sites for hydroxylation is 1. The molecule has 3 aromatic heterocycles. The Morgan fingerprint density at radius 3 is 2.64 bits per heavy atom. The summed E-state index contributed by atoms with van der Waals surface area (Å²) in [7, 11) is 0. The fourth-order valence-corrected chi connectivity index (χ4v) is 3.79. The first kappa shape index (κ1) is 21.4. The third-order valence-electron chi connectivity index (χ3n) is 5.47. The fraction of sp³-hybridized carbons (Fsp3) is 0.273. The molecule has 0 bridgehead atoms. The third-order valence-corrected chi connectivity index (χ3v) is 5.84. The van der Waals surface area contributed by atoms with E-state index in [2.05, 4.69) is 20.5 Å². The van der Waals surface area contributed by atoms with E-state index in [4.69, 9.17) is 11.6 Å². The topological polar surface area (TPSA) is 77.1 Å². The molecule has 1 aliphatic rings. The minimum absolute atomic E-state index is 0.0164. The van der Waals surface area contributed by atoms with Crippen molar-refractivity contribution in [3.63, 3.8) is 0 Å². The number of amides is 1. The zero-order valence-electron chi connectivity index (χ0n) is 17.4. The average Bonchev–Trinajstić information content (AvgIpc) is 3.42.